The van der Waals surface area contributed by atoms with Gasteiger partial charge in [0.25, 0.3) is 0 Å². The summed E-state index contributed by atoms with van der Waals surface area (Å²) in [5, 5.41) is 0. The molecule has 0 bridgehead atoms. The molecule has 0 amide bonds. The van der Waals surface area contributed by atoms with Crippen LogP contribution in [0.5, 0.6) is 0 Å². The molecule has 0 aliphatic heterocycles. The molecule has 0 aromatic carbocycles. The smallest absolute Gasteiger partial charge is 1.00 e. The van der Waals surface area contributed by atoms with Crippen molar-refractivity contribution >= 4 is 5.92 Å². The van der Waals surface area contributed by atoms with Crippen molar-refractivity contribution in [1.29, 1.82) is 0 Å². The van der Waals surface area contributed by atoms with Crippen LogP contribution in [-0.4, -0.2) is 5.92 Å². The topological polar surface area (TPSA) is 0 Å². The van der Waals surface area contributed by atoms with Gasteiger partial charge in [0.1, 0.15) is 0 Å². The van der Waals surface area contributed by atoms with Crippen molar-refractivity contribution < 1.29 is 45.7 Å². The van der Waals surface area contributed by atoms with Gasteiger partial charge in [-0.1, -0.05) is 0 Å². The maximum absolute atomic E-state index is 2.61. The van der Waals surface area contributed by atoms with E-state index < -0.39 is 26.8 Å². The predicted octanol–water partition coefficient (Wildman–Crippen LogP) is -0.664. The van der Waals surface area contributed by atoms with Crippen molar-refractivity contribution in [1.82, 2.24) is 0 Å². The van der Waals surface area contributed by atoms with E-state index in [4.69, 9.17) is 0 Å². The van der Waals surface area contributed by atoms with Crippen molar-refractivity contribution in [3.63, 3.8) is 0 Å². The Morgan fingerprint density at radius 1 is 0.773 bits per heavy atom. The second kappa shape index (κ2) is 8.65. The van der Waals surface area contributed by atoms with Gasteiger partial charge in [-0.25, -0.2) is 0 Å². The molecular weight excluding hydrogens is 406 g/mol. The number of rotatable bonds is 3. The van der Waals surface area contributed by atoms with Gasteiger partial charge in [-0.2, -0.15) is 0 Å². The minimum atomic E-state index is -1.62. The van der Waals surface area contributed by atoms with Crippen molar-refractivity contribution in [2.24, 2.45) is 11.8 Å². The number of hydrogen-bond donors (Lipinski definition) is 0. The summed E-state index contributed by atoms with van der Waals surface area (Å²) in [6, 6.07) is 0. The molecule has 2 rings (SSSR count). The predicted molar refractivity (Wildman–Crippen MR) is 90.1 cm³/mol. The minimum absolute atomic E-state index is 0. The van der Waals surface area contributed by atoms with Crippen LogP contribution in [0.1, 0.15) is 41.5 Å². The van der Waals surface area contributed by atoms with Crippen molar-refractivity contribution in [3.8, 4) is 0 Å². The van der Waals surface area contributed by atoms with Gasteiger partial charge in [-0.05, 0) is 0 Å². The Morgan fingerprint density at radius 2 is 1.09 bits per heavy atom. The van der Waals surface area contributed by atoms with Gasteiger partial charge in [-0.15, -0.1) is 0 Å². The first kappa shape index (κ1) is 22.6. The number of allylic oxidation sites excluding steroid dienone is 8. The number of hydrogen-bond acceptors (Lipinski definition) is 0. The van der Waals surface area contributed by atoms with Crippen LogP contribution in [0, 0.1) is 11.8 Å². The summed E-state index contributed by atoms with van der Waals surface area (Å²) >= 11 is -1.62. The molecule has 0 spiro atoms. The molecule has 0 saturated carbocycles. The molecule has 2 atom stereocenters. The standard InChI is InChI=1S/2C8H11.C2H7Si.2ClH.Zr/c2*1-6-4-7(2)8(3)5-6;1-3-2;;;/h2*4,6H,1-3H3;3H,1-2H3;2*1H;/q;;;;;+2/p-2. The Bertz CT molecular complexity index is 509. The average Bonchev–Trinajstić information content (AvgIpc) is 2.72. The Balaban J connectivity index is 0.00000220. The van der Waals surface area contributed by atoms with Gasteiger partial charge in [0.15, 0.2) is 0 Å². The van der Waals surface area contributed by atoms with E-state index in [1.807, 2.05) is 6.56 Å². The largest absolute Gasteiger partial charge is 1.00 e. The fraction of sp³-hybridized carbons (Fsp3) is 0.556. The van der Waals surface area contributed by atoms with E-state index >= 15 is 0 Å². The first-order valence-corrected chi connectivity index (χ1v) is 17.5. The molecule has 0 fully saturated rings. The van der Waals surface area contributed by atoms with Crippen molar-refractivity contribution in [2.75, 3.05) is 0 Å². The van der Waals surface area contributed by atoms with Crippen molar-refractivity contribution in [3.05, 3.63) is 41.0 Å². The molecule has 0 heterocycles. The minimum Gasteiger partial charge on any atom is -1.00 e. The van der Waals surface area contributed by atoms with Crippen LogP contribution < -0.4 is 24.8 Å². The summed E-state index contributed by atoms with van der Waals surface area (Å²) in [7, 11) is 0. The SMILES string of the molecule is CC1=CC(C)[C]([Zr+2]([C]2=C(C)C(C)=CC2C)[SiH](C)C)=C1C.[Cl-].[Cl-]. The van der Waals surface area contributed by atoms with Crippen LogP contribution in [0.15, 0.2) is 41.0 Å². The van der Waals surface area contributed by atoms with E-state index in [9.17, 15) is 0 Å². The summed E-state index contributed by atoms with van der Waals surface area (Å²) in [6.07, 6.45) is 5.02. The molecule has 0 nitrogen and oxygen atoms in total. The third kappa shape index (κ3) is 4.00. The maximum atomic E-state index is 2.61. The molecule has 4 heteroatoms. The van der Waals surface area contributed by atoms with E-state index in [1.165, 1.54) is 0 Å². The normalized spacial score (nSPS) is 24.2. The van der Waals surface area contributed by atoms with Crippen LogP contribution in [-0.2, 0) is 20.9 Å². The molecule has 22 heavy (non-hydrogen) atoms. The Hall–Kier alpha value is 0.640. The Kier molecular flexibility index (Phi) is 8.90. The Labute approximate surface area is 158 Å². The first-order chi connectivity index (χ1) is 9.25. The summed E-state index contributed by atoms with van der Waals surface area (Å²) < 4.78 is 3.85. The van der Waals surface area contributed by atoms with Gasteiger partial charge in [-0.3, -0.25) is 0 Å². The molecule has 0 aromatic rings. The summed E-state index contributed by atoms with van der Waals surface area (Å²) in [6.45, 7) is 19.5. The zero-order valence-electron chi connectivity index (χ0n) is 15.1. The monoisotopic (exact) mass is 433 g/mol. The van der Waals surface area contributed by atoms with E-state index in [2.05, 4.69) is 66.8 Å². The van der Waals surface area contributed by atoms with Gasteiger partial charge in [0.2, 0.25) is 0 Å². The van der Waals surface area contributed by atoms with E-state index in [-0.39, 0.29) is 24.8 Å². The third-order valence-corrected chi connectivity index (χ3v) is 25.3. The molecule has 2 unspecified atom stereocenters. The van der Waals surface area contributed by atoms with Crippen LogP contribution in [0.25, 0.3) is 0 Å². The molecule has 0 aromatic heterocycles. The summed E-state index contributed by atoms with van der Waals surface area (Å²) in [5.41, 5.74) is 6.41. The fourth-order valence-corrected chi connectivity index (χ4v) is 26.5. The summed E-state index contributed by atoms with van der Waals surface area (Å²) in [5.74, 6) is 0.845. The molecule has 0 radical (unpaired) electrons. The van der Waals surface area contributed by atoms with Gasteiger partial charge in [0, 0.05) is 0 Å². The molecule has 123 valence electrons. The second-order valence-corrected chi connectivity index (χ2v) is 25.8. The summed E-state index contributed by atoms with van der Waals surface area (Å²) in [4.78, 5) is 0. The third-order valence-electron chi connectivity index (χ3n) is 5.06. The van der Waals surface area contributed by atoms with Gasteiger partial charge < -0.3 is 24.8 Å². The van der Waals surface area contributed by atoms with E-state index in [0.717, 1.165) is 0 Å². The zero-order chi connectivity index (χ0) is 15.2. The van der Waals surface area contributed by atoms with Crippen LogP contribution in [0.2, 0.25) is 13.1 Å². The van der Waals surface area contributed by atoms with Crippen molar-refractivity contribution in [2.45, 2.75) is 54.6 Å². The molecule has 0 saturated heterocycles. The zero-order valence-corrected chi connectivity index (χ0v) is 20.3. The maximum Gasteiger partial charge on any atom is -1.00 e. The van der Waals surface area contributed by atoms with Crippen LogP contribution in [0.4, 0.5) is 0 Å². The van der Waals surface area contributed by atoms with E-state index in [1.54, 1.807) is 22.3 Å². The average molecular weight is 436 g/mol. The van der Waals surface area contributed by atoms with Gasteiger partial charge in [0.05, 0.1) is 0 Å². The number of halogens is 2. The fourth-order valence-electron chi connectivity index (χ4n) is 3.94. The molecular formula is C18H29Cl2SiZr. The Morgan fingerprint density at radius 3 is 1.27 bits per heavy atom. The quantitative estimate of drug-likeness (QED) is 0.517. The molecule has 0 N–H and O–H groups in total. The van der Waals surface area contributed by atoms with Crippen LogP contribution >= 0.6 is 0 Å². The van der Waals surface area contributed by atoms with Crippen LogP contribution in [0.3, 0.4) is 0 Å². The molecule has 2 aliphatic carbocycles. The molecule has 2 aliphatic rings. The van der Waals surface area contributed by atoms with E-state index in [0.29, 0.717) is 11.8 Å². The first-order valence-electron chi connectivity index (χ1n) is 7.92. The second-order valence-electron chi connectivity index (χ2n) is 6.92. The van der Waals surface area contributed by atoms with Gasteiger partial charge >= 0.3 is 134 Å².